The summed E-state index contributed by atoms with van der Waals surface area (Å²) >= 11 is 0. The van der Waals surface area contributed by atoms with E-state index in [9.17, 15) is 4.79 Å². The molecule has 0 radical (unpaired) electrons. The smallest absolute Gasteiger partial charge is 0.308 e. The highest BCUT2D eigenvalue weighted by Crippen LogP contribution is 2.33. The monoisotopic (exact) mass is 424 g/mol. The van der Waals surface area contributed by atoms with E-state index in [0.717, 1.165) is 53.9 Å². The minimum atomic E-state index is -0.328. The number of piperidine rings is 1. The average molecular weight is 425 g/mol. The Morgan fingerprint density at radius 2 is 1.97 bits per heavy atom. The molecule has 31 heavy (non-hydrogen) atoms. The highest BCUT2D eigenvalue weighted by molar-refractivity contribution is 5.90. The first-order valence-corrected chi connectivity index (χ1v) is 11.3. The summed E-state index contributed by atoms with van der Waals surface area (Å²) in [7, 11) is 0. The molecule has 3 aromatic rings. The van der Waals surface area contributed by atoms with Gasteiger partial charge in [-0.05, 0) is 70.1 Å². The number of benzene rings is 1. The van der Waals surface area contributed by atoms with Gasteiger partial charge < -0.3 is 19.1 Å². The van der Waals surface area contributed by atoms with Gasteiger partial charge in [-0.3, -0.25) is 4.79 Å². The van der Waals surface area contributed by atoms with E-state index in [1.54, 1.807) is 0 Å². The minimum Gasteiger partial charge on any atom is -0.450 e. The summed E-state index contributed by atoms with van der Waals surface area (Å²) in [6.07, 6.45) is 3.45. The van der Waals surface area contributed by atoms with Crippen LogP contribution in [0.2, 0.25) is 0 Å². The molecule has 1 aliphatic rings. The van der Waals surface area contributed by atoms with Gasteiger partial charge in [-0.2, -0.15) is 0 Å². The summed E-state index contributed by atoms with van der Waals surface area (Å²) in [5, 5.41) is 12.0. The van der Waals surface area contributed by atoms with Gasteiger partial charge in [-0.1, -0.05) is 32.0 Å². The molecule has 0 atom stereocenters. The number of likely N-dealkylation sites (tertiary alicyclic amines) is 1. The van der Waals surface area contributed by atoms with E-state index >= 15 is 0 Å². The van der Waals surface area contributed by atoms with Gasteiger partial charge in [-0.15, -0.1) is 10.2 Å². The SMILES string of the molecule is Cc1c(-c2nnc(C(=O)NCC3CCN(CCC(C)C)CC3)o2)oc2c(C)cccc12. The molecule has 0 bridgehead atoms. The Morgan fingerprint density at radius 3 is 2.68 bits per heavy atom. The number of carbonyl (C=O) groups excluding carboxylic acids is 1. The molecule has 1 aromatic carbocycles. The van der Waals surface area contributed by atoms with Crippen LogP contribution in [0.5, 0.6) is 0 Å². The van der Waals surface area contributed by atoms with Crippen LogP contribution in [0.15, 0.2) is 27.0 Å². The summed E-state index contributed by atoms with van der Waals surface area (Å²) < 4.78 is 11.6. The Kier molecular flexibility index (Phi) is 6.41. The summed E-state index contributed by atoms with van der Waals surface area (Å²) in [5.41, 5.74) is 2.78. The zero-order valence-corrected chi connectivity index (χ0v) is 18.9. The number of rotatable bonds is 7. The van der Waals surface area contributed by atoms with E-state index in [2.05, 4.69) is 34.3 Å². The van der Waals surface area contributed by atoms with Gasteiger partial charge >= 0.3 is 11.8 Å². The van der Waals surface area contributed by atoms with Crippen LogP contribution in [-0.2, 0) is 0 Å². The Balaban J connectivity index is 1.33. The second-order valence-electron chi connectivity index (χ2n) is 9.10. The highest BCUT2D eigenvalue weighted by atomic mass is 16.4. The lowest BCUT2D eigenvalue weighted by Gasteiger charge is -2.32. The van der Waals surface area contributed by atoms with Gasteiger partial charge in [0.25, 0.3) is 5.89 Å². The maximum Gasteiger partial charge on any atom is 0.308 e. The van der Waals surface area contributed by atoms with Gasteiger partial charge in [0.2, 0.25) is 0 Å². The van der Waals surface area contributed by atoms with Crippen LogP contribution in [0, 0.1) is 25.7 Å². The quantitative estimate of drug-likeness (QED) is 0.597. The molecule has 1 saturated heterocycles. The topological polar surface area (TPSA) is 84.4 Å². The normalized spacial score (nSPS) is 15.8. The van der Waals surface area contributed by atoms with E-state index in [-0.39, 0.29) is 17.7 Å². The van der Waals surface area contributed by atoms with E-state index in [1.807, 2.05) is 32.0 Å². The molecule has 0 saturated carbocycles. The Hall–Kier alpha value is -2.67. The fourth-order valence-electron chi connectivity index (χ4n) is 4.16. The van der Waals surface area contributed by atoms with E-state index in [0.29, 0.717) is 18.2 Å². The molecule has 0 aliphatic carbocycles. The van der Waals surface area contributed by atoms with Crippen molar-refractivity contribution in [2.45, 2.75) is 47.0 Å². The molecule has 7 heteroatoms. The van der Waals surface area contributed by atoms with Crippen molar-refractivity contribution in [1.82, 2.24) is 20.4 Å². The van der Waals surface area contributed by atoms with E-state index in [4.69, 9.17) is 8.83 Å². The molecule has 1 fully saturated rings. The molecular weight excluding hydrogens is 392 g/mol. The Labute approximate surface area is 183 Å². The third-order valence-corrected chi connectivity index (χ3v) is 6.26. The molecule has 0 unspecified atom stereocenters. The molecule has 2 aromatic heterocycles. The fraction of sp³-hybridized carbons (Fsp3) is 0.542. The molecule has 0 spiro atoms. The summed E-state index contributed by atoms with van der Waals surface area (Å²) in [5.74, 6) is 1.62. The predicted molar refractivity (Wildman–Crippen MR) is 120 cm³/mol. The number of amides is 1. The van der Waals surface area contributed by atoms with Crippen LogP contribution in [-0.4, -0.2) is 47.2 Å². The van der Waals surface area contributed by atoms with Crippen LogP contribution in [0.25, 0.3) is 22.6 Å². The Bertz CT molecular complexity index is 1040. The third kappa shape index (κ3) is 4.82. The molecule has 1 aliphatic heterocycles. The van der Waals surface area contributed by atoms with Crippen molar-refractivity contribution in [3.05, 3.63) is 35.2 Å². The highest BCUT2D eigenvalue weighted by Gasteiger charge is 2.24. The number of furan rings is 1. The zero-order valence-electron chi connectivity index (χ0n) is 18.9. The van der Waals surface area contributed by atoms with Crippen molar-refractivity contribution in [2.24, 2.45) is 11.8 Å². The lowest BCUT2D eigenvalue weighted by atomic mass is 9.96. The number of nitrogens with zero attached hydrogens (tertiary/aromatic N) is 3. The molecule has 3 heterocycles. The van der Waals surface area contributed by atoms with Crippen LogP contribution in [0.3, 0.4) is 0 Å². The summed E-state index contributed by atoms with van der Waals surface area (Å²) in [6, 6.07) is 5.99. The minimum absolute atomic E-state index is 0.0269. The second-order valence-corrected chi connectivity index (χ2v) is 9.10. The molecule has 4 rings (SSSR count). The molecule has 1 N–H and O–H groups in total. The average Bonchev–Trinajstić information content (AvgIpc) is 3.37. The van der Waals surface area contributed by atoms with Crippen LogP contribution < -0.4 is 5.32 Å². The number of carbonyl (C=O) groups is 1. The van der Waals surface area contributed by atoms with E-state index in [1.165, 1.54) is 13.0 Å². The predicted octanol–water partition coefficient (Wildman–Crippen LogP) is 4.59. The number of nitrogens with one attached hydrogen (secondary N) is 1. The largest absolute Gasteiger partial charge is 0.450 e. The number of aromatic nitrogens is 2. The number of aryl methyl sites for hydroxylation is 2. The number of hydrogen-bond acceptors (Lipinski definition) is 6. The van der Waals surface area contributed by atoms with Gasteiger partial charge in [0.1, 0.15) is 5.58 Å². The number of hydrogen-bond donors (Lipinski definition) is 1. The lowest BCUT2D eigenvalue weighted by Crippen LogP contribution is -2.39. The van der Waals surface area contributed by atoms with Gasteiger partial charge in [0, 0.05) is 17.5 Å². The van der Waals surface area contributed by atoms with Gasteiger partial charge in [0.05, 0.1) is 0 Å². The standard InChI is InChI=1S/C24H32N4O3/c1-15(2)8-11-28-12-9-18(10-13-28)14-25-22(29)24-27-26-23(31-24)21-17(4)19-7-5-6-16(3)20(19)30-21/h5-7,15,18H,8-14H2,1-4H3,(H,25,29). The van der Waals surface area contributed by atoms with Crippen LogP contribution in [0.4, 0.5) is 0 Å². The third-order valence-electron chi connectivity index (χ3n) is 6.26. The number of fused-ring (bicyclic) bond motifs is 1. The second kappa shape index (κ2) is 9.22. The van der Waals surface area contributed by atoms with Crippen molar-refractivity contribution in [1.29, 1.82) is 0 Å². The van der Waals surface area contributed by atoms with Crippen LogP contribution >= 0.6 is 0 Å². The van der Waals surface area contributed by atoms with Gasteiger partial charge in [-0.25, -0.2) is 0 Å². The maximum absolute atomic E-state index is 12.5. The van der Waals surface area contributed by atoms with E-state index < -0.39 is 0 Å². The fourth-order valence-corrected chi connectivity index (χ4v) is 4.16. The molecule has 1 amide bonds. The lowest BCUT2D eigenvalue weighted by molar-refractivity contribution is 0.0901. The van der Waals surface area contributed by atoms with Gasteiger partial charge in [0.15, 0.2) is 5.76 Å². The first-order chi connectivity index (χ1) is 14.9. The van der Waals surface area contributed by atoms with Crippen LogP contribution in [0.1, 0.15) is 54.9 Å². The molecular formula is C24H32N4O3. The number of para-hydroxylation sites is 1. The summed E-state index contributed by atoms with van der Waals surface area (Å²) in [4.78, 5) is 15.1. The summed E-state index contributed by atoms with van der Waals surface area (Å²) in [6.45, 7) is 12.5. The van der Waals surface area contributed by atoms with Crippen molar-refractivity contribution in [3.8, 4) is 11.7 Å². The first-order valence-electron chi connectivity index (χ1n) is 11.3. The van der Waals surface area contributed by atoms with Crippen molar-refractivity contribution in [2.75, 3.05) is 26.2 Å². The molecule has 7 nitrogen and oxygen atoms in total. The molecule has 166 valence electrons. The maximum atomic E-state index is 12.5. The zero-order chi connectivity index (χ0) is 22.0. The Morgan fingerprint density at radius 1 is 1.19 bits per heavy atom. The first kappa shape index (κ1) is 21.6. The van der Waals surface area contributed by atoms with Crippen molar-refractivity contribution < 1.29 is 13.6 Å². The van der Waals surface area contributed by atoms with Crippen molar-refractivity contribution in [3.63, 3.8) is 0 Å². The van der Waals surface area contributed by atoms with Crippen molar-refractivity contribution >= 4 is 16.9 Å².